The van der Waals surface area contributed by atoms with E-state index in [4.69, 9.17) is 4.74 Å². The summed E-state index contributed by atoms with van der Waals surface area (Å²) in [5.74, 6) is 0.993. The number of benzene rings is 2. The lowest BCUT2D eigenvalue weighted by molar-refractivity contribution is 0.348. The maximum atomic E-state index is 5.64. The van der Waals surface area contributed by atoms with Gasteiger partial charge in [-0.15, -0.1) is 0 Å². The monoisotopic (exact) mass is 239 g/mol. The van der Waals surface area contributed by atoms with Gasteiger partial charge in [0, 0.05) is 6.54 Å². The Labute approximate surface area is 108 Å². The minimum atomic E-state index is 0.670. The zero-order valence-corrected chi connectivity index (χ0v) is 10.8. The van der Waals surface area contributed by atoms with Gasteiger partial charge in [0.2, 0.25) is 0 Å². The van der Waals surface area contributed by atoms with E-state index in [1.54, 1.807) is 0 Å². The second-order valence-corrected chi connectivity index (χ2v) is 4.68. The summed E-state index contributed by atoms with van der Waals surface area (Å²) in [5, 5.41) is 0. The highest BCUT2D eigenvalue weighted by molar-refractivity contribution is 5.73. The standard InChI is InChI=1S/C16H17NO/c1-3-17-11-18-16-9-8-14(10-15(16)17)13-6-4-12(2)5-7-13/h4-10H,3,11H2,1-2H3. The van der Waals surface area contributed by atoms with E-state index in [2.05, 4.69) is 61.2 Å². The molecule has 0 aliphatic carbocycles. The van der Waals surface area contributed by atoms with Gasteiger partial charge in [0.25, 0.3) is 0 Å². The Hall–Kier alpha value is -1.96. The van der Waals surface area contributed by atoms with Crippen molar-refractivity contribution in [1.29, 1.82) is 0 Å². The summed E-state index contributed by atoms with van der Waals surface area (Å²) in [7, 11) is 0. The normalized spacial score (nSPS) is 13.3. The van der Waals surface area contributed by atoms with Gasteiger partial charge < -0.3 is 9.64 Å². The van der Waals surface area contributed by atoms with Crippen LogP contribution in [0.25, 0.3) is 11.1 Å². The molecule has 0 N–H and O–H groups in total. The van der Waals surface area contributed by atoms with Crippen LogP contribution < -0.4 is 9.64 Å². The van der Waals surface area contributed by atoms with Crippen LogP contribution in [0.5, 0.6) is 5.75 Å². The van der Waals surface area contributed by atoms with Crippen molar-refractivity contribution in [3.8, 4) is 16.9 Å². The van der Waals surface area contributed by atoms with Crippen molar-refractivity contribution >= 4 is 5.69 Å². The molecule has 0 radical (unpaired) electrons. The van der Waals surface area contributed by atoms with E-state index in [1.807, 2.05) is 0 Å². The van der Waals surface area contributed by atoms with Crippen molar-refractivity contribution in [3.63, 3.8) is 0 Å². The van der Waals surface area contributed by atoms with Gasteiger partial charge in [-0.05, 0) is 37.1 Å². The van der Waals surface area contributed by atoms with Crippen LogP contribution in [-0.4, -0.2) is 13.3 Å². The summed E-state index contributed by atoms with van der Waals surface area (Å²) < 4.78 is 5.64. The first-order valence-electron chi connectivity index (χ1n) is 6.37. The van der Waals surface area contributed by atoms with Crippen LogP contribution in [0.1, 0.15) is 12.5 Å². The molecule has 0 bridgehead atoms. The van der Waals surface area contributed by atoms with E-state index in [0.29, 0.717) is 6.73 Å². The fraction of sp³-hybridized carbons (Fsp3) is 0.250. The summed E-state index contributed by atoms with van der Waals surface area (Å²) in [6, 6.07) is 15.1. The van der Waals surface area contributed by atoms with Crippen LogP contribution in [0.3, 0.4) is 0 Å². The SMILES string of the molecule is CCN1COc2ccc(-c3ccc(C)cc3)cc21. The Morgan fingerprint density at radius 3 is 2.50 bits per heavy atom. The van der Waals surface area contributed by atoms with Crippen LogP contribution in [0.4, 0.5) is 5.69 Å². The molecule has 2 nitrogen and oxygen atoms in total. The molecular formula is C16H17NO. The summed E-state index contributed by atoms with van der Waals surface area (Å²) in [6.45, 7) is 5.91. The topological polar surface area (TPSA) is 12.5 Å². The third kappa shape index (κ3) is 1.84. The molecule has 0 unspecified atom stereocenters. The van der Waals surface area contributed by atoms with Crippen LogP contribution in [0.2, 0.25) is 0 Å². The summed E-state index contributed by atoms with van der Waals surface area (Å²) in [5.41, 5.74) is 5.00. The molecule has 2 aromatic carbocycles. The third-order valence-electron chi connectivity index (χ3n) is 3.44. The number of nitrogens with zero attached hydrogens (tertiary/aromatic N) is 1. The van der Waals surface area contributed by atoms with E-state index in [0.717, 1.165) is 12.3 Å². The highest BCUT2D eigenvalue weighted by atomic mass is 16.5. The molecular weight excluding hydrogens is 222 g/mol. The molecule has 0 atom stereocenters. The molecule has 1 heterocycles. The molecule has 18 heavy (non-hydrogen) atoms. The van der Waals surface area contributed by atoms with Crippen LogP contribution in [0, 0.1) is 6.92 Å². The molecule has 92 valence electrons. The lowest BCUT2D eigenvalue weighted by atomic mass is 10.0. The van der Waals surface area contributed by atoms with E-state index in [1.165, 1.54) is 22.4 Å². The van der Waals surface area contributed by atoms with Gasteiger partial charge in [-0.3, -0.25) is 0 Å². The quantitative estimate of drug-likeness (QED) is 0.789. The van der Waals surface area contributed by atoms with Gasteiger partial charge in [0.05, 0.1) is 5.69 Å². The number of fused-ring (bicyclic) bond motifs is 1. The number of anilines is 1. The third-order valence-corrected chi connectivity index (χ3v) is 3.44. The van der Waals surface area contributed by atoms with E-state index < -0.39 is 0 Å². The molecule has 2 aromatic rings. The lowest BCUT2D eigenvalue weighted by Crippen LogP contribution is -2.20. The second-order valence-electron chi connectivity index (χ2n) is 4.68. The van der Waals surface area contributed by atoms with Crippen molar-refractivity contribution < 1.29 is 4.74 Å². The van der Waals surface area contributed by atoms with Gasteiger partial charge in [0.15, 0.2) is 6.73 Å². The van der Waals surface area contributed by atoms with Crippen LogP contribution >= 0.6 is 0 Å². The minimum absolute atomic E-state index is 0.670. The minimum Gasteiger partial charge on any atom is -0.471 e. The number of rotatable bonds is 2. The van der Waals surface area contributed by atoms with Gasteiger partial charge in [-0.1, -0.05) is 35.9 Å². The van der Waals surface area contributed by atoms with Gasteiger partial charge in [-0.25, -0.2) is 0 Å². The number of ether oxygens (including phenoxy) is 1. The number of aryl methyl sites for hydroxylation is 1. The largest absolute Gasteiger partial charge is 0.471 e. The maximum Gasteiger partial charge on any atom is 0.161 e. The van der Waals surface area contributed by atoms with Gasteiger partial charge >= 0.3 is 0 Å². The zero-order valence-electron chi connectivity index (χ0n) is 10.8. The van der Waals surface area contributed by atoms with Crippen molar-refractivity contribution in [3.05, 3.63) is 48.0 Å². The van der Waals surface area contributed by atoms with Crippen LogP contribution in [0.15, 0.2) is 42.5 Å². The predicted octanol–water partition coefficient (Wildman–Crippen LogP) is 3.84. The van der Waals surface area contributed by atoms with Crippen molar-refractivity contribution in [2.45, 2.75) is 13.8 Å². The smallest absolute Gasteiger partial charge is 0.161 e. The molecule has 1 aliphatic rings. The second kappa shape index (κ2) is 4.37. The summed E-state index contributed by atoms with van der Waals surface area (Å²) >= 11 is 0. The molecule has 0 fully saturated rings. The highest BCUT2D eigenvalue weighted by Crippen LogP contribution is 2.37. The molecule has 3 rings (SSSR count). The van der Waals surface area contributed by atoms with Crippen molar-refractivity contribution in [2.24, 2.45) is 0 Å². The Kier molecular flexibility index (Phi) is 2.71. The molecule has 0 saturated carbocycles. The first kappa shape index (κ1) is 11.1. The van der Waals surface area contributed by atoms with Gasteiger partial charge in [0.1, 0.15) is 5.75 Å². The Balaban J connectivity index is 2.02. The lowest BCUT2D eigenvalue weighted by Gasteiger charge is -2.13. The first-order valence-corrected chi connectivity index (χ1v) is 6.37. The highest BCUT2D eigenvalue weighted by Gasteiger charge is 2.19. The van der Waals surface area contributed by atoms with Crippen molar-refractivity contribution in [2.75, 3.05) is 18.2 Å². The molecule has 1 aliphatic heterocycles. The predicted molar refractivity (Wildman–Crippen MR) is 75.1 cm³/mol. The molecule has 0 saturated heterocycles. The van der Waals surface area contributed by atoms with Gasteiger partial charge in [-0.2, -0.15) is 0 Å². The van der Waals surface area contributed by atoms with Crippen molar-refractivity contribution in [1.82, 2.24) is 0 Å². The van der Waals surface area contributed by atoms with Crippen LogP contribution in [-0.2, 0) is 0 Å². The van der Waals surface area contributed by atoms with E-state index in [9.17, 15) is 0 Å². The first-order chi connectivity index (χ1) is 8.78. The molecule has 2 heteroatoms. The fourth-order valence-electron chi connectivity index (χ4n) is 2.29. The number of hydrogen-bond acceptors (Lipinski definition) is 2. The summed E-state index contributed by atoms with van der Waals surface area (Å²) in [6.07, 6.45) is 0. The van der Waals surface area contributed by atoms with E-state index >= 15 is 0 Å². The molecule has 0 spiro atoms. The van der Waals surface area contributed by atoms with E-state index in [-0.39, 0.29) is 0 Å². The Morgan fingerprint density at radius 1 is 1.06 bits per heavy atom. The average molecular weight is 239 g/mol. The number of hydrogen-bond donors (Lipinski definition) is 0. The Bertz CT molecular complexity index is 560. The molecule has 0 aromatic heterocycles. The maximum absolute atomic E-state index is 5.64. The fourth-order valence-corrected chi connectivity index (χ4v) is 2.29. The Morgan fingerprint density at radius 2 is 1.78 bits per heavy atom. The zero-order chi connectivity index (χ0) is 12.5. The summed E-state index contributed by atoms with van der Waals surface area (Å²) in [4.78, 5) is 2.24. The average Bonchev–Trinajstić information content (AvgIpc) is 2.81. The molecule has 0 amide bonds.